The number of nitro groups is 1. The number of aromatic nitrogens is 2. The van der Waals surface area contributed by atoms with Crippen molar-refractivity contribution in [1.82, 2.24) is 9.78 Å². The summed E-state index contributed by atoms with van der Waals surface area (Å²) in [5, 5.41) is 14.5. The van der Waals surface area contributed by atoms with Crippen molar-refractivity contribution in [3.8, 4) is 0 Å². The van der Waals surface area contributed by atoms with Crippen LogP contribution < -0.4 is 0 Å². The number of ether oxygens (including phenoxy) is 1. The smallest absolute Gasteiger partial charge is 0.307 e. The lowest BCUT2D eigenvalue weighted by atomic mass is 9.45. The number of hydrogen-bond acceptors (Lipinski definition) is 5. The van der Waals surface area contributed by atoms with Gasteiger partial charge in [0.15, 0.2) is 0 Å². The number of rotatable bonds is 5. The Bertz CT molecular complexity index is 625. The van der Waals surface area contributed by atoms with Crippen molar-refractivity contribution in [3.63, 3.8) is 0 Å². The summed E-state index contributed by atoms with van der Waals surface area (Å²) in [5.41, 5.74) is 0.303. The Balaban J connectivity index is 1.49. The van der Waals surface area contributed by atoms with Crippen molar-refractivity contribution < 1.29 is 14.5 Å². The minimum absolute atomic E-state index is 0.00577. The molecule has 126 valence electrons. The van der Waals surface area contributed by atoms with Gasteiger partial charge < -0.3 is 4.74 Å². The maximum Gasteiger partial charge on any atom is 0.307 e. The van der Waals surface area contributed by atoms with E-state index in [0.717, 1.165) is 6.42 Å². The first-order chi connectivity index (χ1) is 10.8. The molecule has 23 heavy (non-hydrogen) atoms. The van der Waals surface area contributed by atoms with Crippen LogP contribution in [0, 0.1) is 33.3 Å². The molecule has 7 heteroatoms. The van der Waals surface area contributed by atoms with Gasteiger partial charge in [-0.3, -0.25) is 19.6 Å². The summed E-state index contributed by atoms with van der Waals surface area (Å²) >= 11 is 0. The summed E-state index contributed by atoms with van der Waals surface area (Å²) in [7, 11) is 0. The van der Waals surface area contributed by atoms with Gasteiger partial charge >= 0.3 is 11.7 Å². The second-order valence-corrected chi connectivity index (χ2v) is 7.45. The average Bonchev–Trinajstić information content (AvgIpc) is 2.96. The van der Waals surface area contributed by atoms with Gasteiger partial charge in [0.25, 0.3) is 0 Å². The predicted octanol–water partition coefficient (Wildman–Crippen LogP) is 2.80. The molecular weight excluding hydrogens is 298 g/mol. The maximum atomic E-state index is 12.1. The zero-order valence-electron chi connectivity index (χ0n) is 13.8. The molecule has 0 aromatic carbocycles. The predicted molar refractivity (Wildman–Crippen MR) is 82.5 cm³/mol. The molecule has 3 fully saturated rings. The summed E-state index contributed by atoms with van der Waals surface area (Å²) in [6, 6.07) is 0. The molecule has 2 bridgehead atoms. The van der Waals surface area contributed by atoms with Gasteiger partial charge in [-0.1, -0.05) is 20.8 Å². The first-order valence-electron chi connectivity index (χ1n) is 8.15. The van der Waals surface area contributed by atoms with Crippen molar-refractivity contribution in [2.45, 2.75) is 52.7 Å². The molecule has 0 spiro atoms. The molecule has 4 rings (SSSR count). The van der Waals surface area contributed by atoms with Crippen LogP contribution in [-0.4, -0.2) is 26.8 Å². The van der Waals surface area contributed by atoms with Crippen LogP contribution in [0.2, 0.25) is 0 Å². The molecule has 1 aromatic rings. The zero-order valence-corrected chi connectivity index (χ0v) is 13.8. The number of aryl methyl sites for hydroxylation is 1. The average molecular weight is 321 g/mol. The second-order valence-electron chi connectivity index (χ2n) is 7.45. The van der Waals surface area contributed by atoms with Gasteiger partial charge in [-0.15, -0.1) is 0 Å². The topological polar surface area (TPSA) is 87.3 Å². The molecular formula is C16H23N3O4. The maximum absolute atomic E-state index is 12.1. The monoisotopic (exact) mass is 321 g/mol. The molecule has 4 atom stereocenters. The normalized spacial score (nSPS) is 31.3. The number of fused-ring (bicyclic) bond motifs is 2. The largest absolute Gasteiger partial charge is 0.462 e. The Kier molecular flexibility index (Phi) is 3.90. The SMILES string of the molecule is C[C@@H]1[C@@H](OC(=O)CCn2cc([N+](=O)[O-])cn2)C[C@H]2C[C@H]1C2(C)C. The molecule has 3 aliphatic carbocycles. The van der Waals surface area contributed by atoms with Gasteiger partial charge in [-0.2, -0.15) is 5.10 Å². The molecule has 0 amide bonds. The fourth-order valence-corrected chi connectivity index (χ4v) is 4.26. The summed E-state index contributed by atoms with van der Waals surface area (Å²) in [5.74, 6) is 1.42. The van der Waals surface area contributed by atoms with E-state index in [4.69, 9.17) is 4.74 Å². The van der Waals surface area contributed by atoms with E-state index in [9.17, 15) is 14.9 Å². The van der Waals surface area contributed by atoms with Crippen LogP contribution in [0.5, 0.6) is 0 Å². The van der Waals surface area contributed by atoms with E-state index in [1.165, 1.54) is 23.5 Å². The number of esters is 1. The van der Waals surface area contributed by atoms with E-state index in [1.54, 1.807) is 0 Å². The third kappa shape index (κ3) is 2.84. The van der Waals surface area contributed by atoms with Gasteiger partial charge in [0.1, 0.15) is 18.5 Å². The number of hydrogen-bond donors (Lipinski definition) is 0. The molecule has 0 aliphatic heterocycles. The second kappa shape index (κ2) is 5.62. The lowest BCUT2D eigenvalue weighted by Crippen LogP contribution is -2.57. The minimum atomic E-state index is -0.500. The molecule has 0 N–H and O–H groups in total. The fourth-order valence-electron chi connectivity index (χ4n) is 4.26. The van der Waals surface area contributed by atoms with E-state index in [0.29, 0.717) is 29.7 Å². The molecule has 1 aromatic heterocycles. The summed E-state index contributed by atoms with van der Waals surface area (Å²) < 4.78 is 7.07. The quantitative estimate of drug-likeness (QED) is 0.473. The molecule has 3 aliphatic rings. The summed E-state index contributed by atoms with van der Waals surface area (Å²) in [4.78, 5) is 22.2. The van der Waals surface area contributed by atoms with Gasteiger partial charge in [0, 0.05) is 0 Å². The Labute approximate surface area is 135 Å². The third-order valence-corrected chi connectivity index (χ3v) is 5.94. The van der Waals surface area contributed by atoms with Crippen molar-refractivity contribution in [1.29, 1.82) is 0 Å². The third-order valence-electron chi connectivity index (χ3n) is 5.94. The van der Waals surface area contributed by atoms with Crippen LogP contribution in [-0.2, 0) is 16.1 Å². The molecule has 0 unspecified atom stereocenters. The fraction of sp³-hybridized carbons (Fsp3) is 0.750. The Hall–Kier alpha value is -1.92. The van der Waals surface area contributed by atoms with Gasteiger partial charge in [-0.05, 0) is 36.0 Å². The van der Waals surface area contributed by atoms with Gasteiger partial charge in [0.2, 0.25) is 0 Å². The van der Waals surface area contributed by atoms with Crippen LogP contribution >= 0.6 is 0 Å². The Morgan fingerprint density at radius 3 is 2.83 bits per heavy atom. The first kappa shape index (κ1) is 16.0. The van der Waals surface area contributed by atoms with Crippen molar-refractivity contribution in [2.75, 3.05) is 0 Å². The Morgan fingerprint density at radius 2 is 2.26 bits per heavy atom. The summed E-state index contributed by atoms with van der Waals surface area (Å²) in [6.45, 7) is 7.10. The van der Waals surface area contributed by atoms with Crippen molar-refractivity contribution in [2.24, 2.45) is 23.2 Å². The minimum Gasteiger partial charge on any atom is -0.462 e. The van der Waals surface area contributed by atoms with Crippen LogP contribution in [0.15, 0.2) is 12.4 Å². The van der Waals surface area contributed by atoms with E-state index in [1.807, 2.05) is 0 Å². The van der Waals surface area contributed by atoms with E-state index >= 15 is 0 Å². The van der Waals surface area contributed by atoms with Crippen LogP contribution in [0.25, 0.3) is 0 Å². The van der Waals surface area contributed by atoms with E-state index in [2.05, 4.69) is 25.9 Å². The van der Waals surface area contributed by atoms with Gasteiger partial charge in [-0.25, -0.2) is 0 Å². The molecule has 3 saturated carbocycles. The van der Waals surface area contributed by atoms with Crippen molar-refractivity contribution in [3.05, 3.63) is 22.5 Å². The van der Waals surface area contributed by atoms with E-state index in [-0.39, 0.29) is 24.2 Å². The van der Waals surface area contributed by atoms with E-state index < -0.39 is 4.92 Å². The number of carbonyl (C=O) groups excluding carboxylic acids is 1. The van der Waals surface area contributed by atoms with Gasteiger partial charge in [0.05, 0.1) is 17.9 Å². The highest BCUT2D eigenvalue weighted by Crippen LogP contribution is 2.61. The highest BCUT2D eigenvalue weighted by Gasteiger charge is 2.57. The molecule has 7 nitrogen and oxygen atoms in total. The lowest BCUT2D eigenvalue weighted by molar-refractivity contribution is -0.385. The zero-order chi connectivity index (χ0) is 16.8. The number of carbonyl (C=O) groups is 1. The standard InChI is InChI=1S/C16H23N3O4/c1-10-13-6-11(16(13,2)3)7-14(10)23-15(20)4-5-18-9-12(8-17-18)19(21)22/h8-11,13-14H,4-7H2,1-3H3/t10-,11+,13+,14-/m0/s1. The summed E-state index contributed by atoms with van der Waals surface area (Å²) in [6.07, 6.45) is 4.90. The first-order valence-corrected chi connectivity index (χ1v) is 8.15. The van der Waals surface area contributed by atoms with Crippen LogP contribution in [0.1, 0.15) is 40.0 Å². The highest BCUT2D eigenvalue weighted by molar-refractivity contribution is 5.69. The van der Waals surface area contributed by atoms with Crippen molar-refractivity contribution >= 4 is 11.7 Å². The van der Waals surface area contributed by atoms with Crippen LogP contribution in [0.3, 0.4) is 0 Å². The lowest BCUT2D eigenvalue weighted by Gasteiger charge is -2.61. The number of nitrogens with zero attached hydrogens (tertiary/aromatic N) is 3. The molecule has 1 heterocycles. The molecule has 0 saturated heterocycles. The molecule has 0 radical (unpaired) electrons. The Morgan fingerprint density at radius 1 is 1.52 bits per heavy atom. The highest BCUT2D eigenvalue weighted by atomic mass is 16.6. The van der Waals surface area contributed by atoms with Crippen LogP contribution in [0.4, 0.5) is 5.69 Å².